The van der Waals surface area contributed by atoms with E-state index in [2.05, 4.69) is 5.32 Å². The van der Waals surface area contributed by atoms with Crippen LogP contribution in [-0.4, -0.2) is 65.4 Å². The van der Waals surface area contributed by atoms with E-state index >= 15 is 0 Å². The third kappa shape index (κ3) is 5.54. The molecule has 0 saturated carbocycles. The first-order chi connectivity index (χ1) is 13.2. The number of hydrogen-bond acceptors (Lipinski definition) is 8. The van der Waals surface area contributed by atoms with Crippen LogP contribution in [-0.2, 0) is 18.9 Å². The third-order valence-electron chi connectivity index (χ3n) is 4.44. The SMILES string of the molecule is CCOCOC[C@H]1N[C@H](CO)[C@@H](OCOCC)c2cc(OC)c(OC)cc21. The number of fused-ring (bicyclic) bond motifs is 1. The molecule has 27 heavy (non-hydrogen) atoms. The van der Waals surface area contributed by atoms with Gasteiger partial charge in [0, 0.05) is 13.2 Å². The van der Waals surface area contributed by atoms with Gasteiger partial charge in [0.2, 0.25) is 0 Å². The highest BCUT2D eigenvalue weighted by atomic mass is 16.7. The molecule has 154 valence electrons. The largest absolute Gasteiger partial charge is 0.493 e. The molecule has 8 nitrogen and oxygen atoms in total. The van der Waals surface area contributed by atoms with Crippen LogP contribution in [0.2, 0.25) is 0 Å². The number of aliphatic hydroxyl groups is 1. The predicted molar refractivity (Wildman–Crippen MR) is 99.1 cm³/mol. The van der Waals surface area contributed by atoms with Gasteiger partial charge in [-0.2, -0.15) is 0 Å². The fourth-order valence-corrected chi connectivity index (χ4v) is 3.12. The Morgan fingerprint density at radius 2 is 1.56 bits per heavy atom. The van der Waals surface area contributed by atoms with Crippen LogP contribution in [0.4, 0.5) is 0 Å². The predicted octanol–water partition coefficient (Wildman–Crippen LogP) is 1.77. The van der Waals surface area contributed by atoms with E-state index in [4.69, 9.17) is 28.4 Å². The first-order valence-corrected chi connectivity index (χ1v) is 9.17. The lowest BCUT2D eigenvalue weighted by molar-refractivity contribution is -0.111. The molecule has 0 amide bonds. The van der Waals surface area contributed by atoms with Crippen LogP contribution in [0.3, 0.4) is 0 Å². The minimum absolute atomic E-state index is 0.0907. The summed E-state index contributed by atoms with van der Waals surface area (Å²) in [4.78, 5) is 0. The van der Waals surface area contributed by atoms with Crippen molar-refractivity contribution in [1.82, 2.24) is 5.32 Å². The van der Waals surface area contributed by atoms with Gasteiger partial charge in [0.25, 0.3) is 0 Å². The summed E-state index contributed by atoms with van der Waals surface area (Å²) in [5.41, 5.74) is 1.88. The molecule has 0 aliphatic carbocycles. The van der Waals surface area contributed by atoms with Crippen molar-refractivity contribution in [2.45, 2.75) is 32.0 Å². The number of methoxy groups -OCH3 is 2. The molecule has 0 radical (unpaired) electrons. The van der Waals surface area contributed by atoms with Crippen molar-refractivity contribution in [3.63, 3.8) is 0 Å². The molecule has 2 N–H and O–H groups in total. The maximum atomic E-state index is 9.89. The topological polar surface area (TPSA) is 87.6 Å². The summed E-state index contributed by atoms with van der Waals surface area (Å²) in [7, 11) is 3.19. The Bertz CT molecular complexity index is 569. The standard InChI is InChI=1S/C19H31NO7/c1-5-24-11-26-10-16-13-7-17(22-3)18(23-4)8-14(13)19(15(9-21)20-16)27-12-25-6-2/h7-8,15-16,19-21H,5-6,9-12H2,1-4H3/t15-,16-,19+/m1/s1. The first-order valence-electron chi connectivity index (χ1n) is 9.17. The number of hydrogen-bond donors (Lipinski definition) is 2. The molecule has 8 heteroatoms. The quantitative estimate of drug-likeness (QED) is 0.416. The second-order valence-corrected chi connectivity index (χ2v) is 6.02. The van der Waals surface area contributed by atoms with E-state index in [-0.39, 0.29) is 38.4 Å². The summed E-state index contributed by atoms with van der Waals surface area (Å²) in [6.07, 6.45) is -0.389. The van der Waals surface area contributed by atoms with E-state index in [1.54, 1.807) is 14.2 Å². The zero-order chi connectivity index (χ0) is 19.6. The summed E-state index contributed by atoms with van der Waals surface area (Å²) in [5.74, 6) is 1.23. The molecule has 0 fully saturated rings. The van der Waals surface area contributed by atoms with Crippen molar-refractivity contribution in [2.75, 3.05) is 54.2 Å². The van der Waals surface area contributed by atoms with Gasteiger partial charge in [-0.15, -0.1) is 0 Å². The molecule has 0 spiro atoms. The van der Waals surface area contributed by atoms with Crippen LogP contribution in [0, 0.1) is 0 Å². The van der Waals surface area contributed by atoms with Crippen molar-refractivity contribution in [3.05, 3.63) is 23.3 Å². The molecule has 3 atom stereocenters. The van der Waals surface area contributed by atoms with Crippen molar-refractivity contribution in [1.29, 1.82) is 0 Å². The van der Waals surface area contributed by atoms with Crippen LogP contribution >= 0.6 is 0 Å². The highest BCUT2D eigenvalue weighted by molar-refractivity contribution is 5.50. The van der Waals surface area contributed by atoms with Crippen molar-refractivity contribution in [3.8, 4) is 11.5 Å². The van der Waals surface area contributed by atoms with Crippen LogP contribution < -0.4 is 14.8 Å². The summed E-state index contributed by atoms with van der Waals surface area (Å²) >= 11 is 0. The van der Waals surface area contributed by atoms with Gasteiger partial charge in [-0.3, -0.25) is 0 Å². The van der Waals surface area contributed by atoms with E-state index in [9.17, 15) is 5.11 Å². The van der Waals surface area contributed by atoms with Gasteiger partial charge in [-0.25, -0.2) is 0 Å². The maximum Gasteiger partial charge on any atom is 0.161 e. The van der Waals surface area contributed by atoms with Crippen LogP contribution in [0.5, 0.6) is 11.5 Å². The molecular formula is C19H31NO7. The second-order valence-electron chi connectivity index (χ2n) is 6.02. The second kappa shape index (κ2) is 11.4. The van der Waals surface area contributed by atoms with E-state index in [0.717, 1.165) is 11.1 Å². The number of nitrogens with one attached hydrogen (secondary N) is 1. The van der Waals surface area contributed by atoms with Crippen molar-refractivity contribution in [2.24, 2.45) is 0 Å². The fourth-order valence-electron chi connectivity index (χ4n) is 3.12. The molecule has 1 aliphatic rings. The van der Waals surface area contributed by atoms with Gasteiger partial charge in [0.15, 0.2) is 11.5 Å². The van der Waals surface area contributed by atoms with E-state index < -0.39 is 0 Å². The average molecular weight is 385 g/mol. The molecule has 1 heterocycles. The average Bonchev–Trinajstić information content (AvgIpc) is 2.70. The van der Waals surface area contributed by atoms with Crippen LogP contribution in [0.15, 0.2) is 12.1 Å². The minimum Gasteiger partial charge on any atom is -0.493 e. The lowest BCUT2D eigenvalue weighted by atomic mass is 9.87. The third-order valence-corrected chi connectivity index (χ3v) is 4.44. The van der Waals surface area contributed by atoms with Crippen molar-refractivity contribution < 1.29 is 33.5 Å². The molecule has 0 unspecified atom stereocenters. The van der Waals surface area contributed by atoms with Gasteiger partial charge >= 0.3 is 0 Å². The Morgan fingerprint density at radius 3 is 2.15 bits per heavy atom. The molecule has 1 aromatic rings. The zero-order valence-corrected chi connectivity index (χ0v) is 16.5. The van der Waals surface area contributed by atoms with Gasteiger partial charge in [0.1, 0.15) is 19.7 Å². The van der Waals surface area contributed by atoms with E-state index in [1.807, 2.05) is 26.0 Å². The highest BCUT2D eigenvalue weighted by Crippen LogP contribution is 2.41. The van der Waals surface area contributed by atoms with Crippen LogP contribution in [0.25, 0.3) is 0 Å². The Labute approximate surface area is 160 Å². The lowest BCUT2D eigenvalue weighted by Crippen LogP contribution is -2.47. The first kappa shape index (κ1) is 21.9. The molecule has 1 aromatic carbocycles. The van der Waals surface area contributed by atoms with Crippen molar-refractivity contribution >= 4 is 0 Å². The molecule has 0 saturated heterocycles. The Morgan fingerprint density at radius 1 is 0.926 bits per heavy atom. The highest BCUT2D eigenvalue weighted by Gasteiger charge is 2.36. The molecule has 0 bridgehead atoms. The lowest BCUT2D eigenvalue weighted by Gasteiger charge is -2.38. The fraction of sp³-hybridized carbons (Fsp3) is 0.684. The van der Waals surface area contributed by atoms with Gasteiger partial charge in [0.05, 0.1) is 39.5 Å². The molecule has 2 rings (SSSR count). The Kier molecular flexibility index (Phi) is 9.26. The minimum atomic E-state index is -0.389. The summed E-state index contributed by atoms with van der Waals surface area (Å²) in [5, 5.41) is 13.3. The van der Waals surface area contributed by atoms with E-state index in [1.165, 1.54) is 0 Å². The zero-order valence-electron chi connectivity index (χ0n) is 16.5. The Hall–Kier alpha value is -1.42. The maximum absolute atomic E-state index is 9.89. The molecule has 0 aromatic heterocycles. The summed E-state index contributed by atoms with van der Waals surface area (Å²) < 4.78 is 33.0. The van der Waals surface area contributed by atoms with E-state index in [0.29, 0.717) is 31.3 Å². The summed E-state index contributed by atoms with van der Waals surface area (Å²) in [6.45, 7) is 5.60. The summed E-state index contributed by atoms with van der Waals surface area (Å²) in [6, 6.07) is 3.35. The van der Waals surface area contributed by atoms with Gasteiger partial charge in [-0.05, 0) is 37.1 Å². The molecular weight excluding hydrogens is 354 g/mol. The molecule has 1 aliphatic heterocycles. The van der Waals surface area contributed by atoms with Crippen LogP contribution in [0.1, 0.15) is 37.1 Å². The van der Waals surface area contributed by atoms with Gasteiger partial charge in [-0.1, -0.05) is 0 Å². The smallest absolute Gasteiger partial charge is 0.161 e. The number of ether oxygens (including phenoxy) is 6. The number of rotatable bonds is 12. The normalized spacial score (nSPS) is 21.7. The number of benzene rings is 1. The number of aliphatic hydroxyl groups excluding tert-OH is 1. The monoisotopic (exact) mass is 385 g/mol. The Balaban J connectivity index is 2.33. The van der Waals surface area contributed by atoms with Gasteiger partial charge < -0.3 is 38.8 Å².